The molecule has 0 saturated carbocycles. The smallest absolute Gasteiger partial charge is 0.335 e. The van der Waals surface area contributed by atoms with Crippen LogP contribution >= 0.6 is 0 Å². The van der Waals surface area contributed by atoms with Crippen molar-refractivity contribution in [2.45, 2.75) is 17.4 Å². The van der Waals surface area contributed by atoms with Crippen molar-refractivity contribution in [3.63, 3.8) is 0 Å². The lowest BCUT2D eigenvalue weighted by molar-refractivity contribution is -0.117. The molecule has 1 aliphatic rings. The van der Waals surface area contributed by atoms with Gasteiger partial charge in [-0.1, -0.05) is 0 Å². The number of nitrogens with zero attached hydrogens (tertiary/aromatic N) is 1. The molecule has 1 heterocycles. The second kappa shape index (κ2) is 7.37. The number of amides is 1. The molecule has 0 aromatic heterocycles. The third-order valence-electron chi connectivity index (χ3n) is 4.24. The van der Waals surface area contributed by atoms with E-state index in [4.69, 9.17) is 9.84 Å². The Morgan fingerprint density at radius 1 is 1.15 bits per heavy atom. The summed E-state index contributed by atoms with van der Waals surface area (Å²) in [5, 5.41) is 8.89. The Kier molecular flexibility index (Phi) is 5.15. The fourth-order valence-electron chi connectivity index (χ4n) is 2.86. The number of sulfonamides is 1. The van der Waals surface area contributed by atoms with Gasteiger partial charge in [0.2, 0.25) is 15.9 Å². The molecule has 1 unspecified atom stereocenters. The number of anilines is 1. The van der Waals surface area contributed by atoms with Gasteiger partial charge in [-0.2, -0.15) is 0 Å². The Morgan fingerprint density at radius 2 is 1.78 bits per heavy atom. The SMILES string of the molecule is COc1ccc(N2CC(NS(=O)(=O)c3ccc(C(=O)O)cc3)CC2=O)cc1. The van der Waals surface area contributed by atoms with Gasteiger partial charge in [-0.15, -0.1) is 0 Å². The van der Waals surface area contributed by atoms with E-state index in [2.05, 4.69) is 4.72 Å². The first-order valence-electron chi connectivity index (χ1n) is 8.10. The number of nitrogens with one attached hydrogen (secondary N) is 1. The summed E-state index contributed by atoms with van der Waals surface area (Å²) in [5.74, 6) is -0.662. The van der Waals surface area contributed by atoms with E-state index in [-0.39, 0.29) is 29.3 Å². The lowest BCUT2D eigenvalue weighted by Gasteiger charge is -2.17. The Bertz CT molecular complexity index is 954. The Hall–Kier alpha value is -2.91. The maximum absolute atomic E-state index is 12.5. The monoisotopic (exact) mass is 390 g/mol. The number of hydrogen-bond donors (Lipinski definition) is 2. The highest BCUT2D eigenvalue weighted by molar-refractivity contribution is 7.89. The summed E-state index contributed by atoms with van der Waals surface area (Å²) >= 11 is 0. The molecule has 9 heteroatoms. The van der Waals surface area contributed by atoms with Crippen molar-refractivity contribution in [1.82, 2.24) is 4.72 Å². The number of carboxylic acids is 1. The van der Waals surface area contributed by atoms with Crippen LogP contribution in [0.25, 0.3) is 0 Å². The highest BCUT2D eigenvalue weighted by atomic mass is 32.2. The zero-order valence-corrected chi connectivity index (χ0v) is 15.3. The summed E-state index contributed by atoms with van der Waals surface area (Å²) in [6.45, 7) is 0.206. The Labute approximate surface area is 156 Å². The van der Waals surface area contributed by atoms with E-state index in [0.717, 1.165) is 0 Å². The van der Waals surface area contributed by atoms with Gasteiger partial charge in [0.1, 0.15) is 5.75 Å². The second-order valence-electron chi connectivity index (χ2n) is 6.05. The number of carbonyl (C=O) groups is 2. The minimum atomic E-state index is -3.87. The van der Waals surface area contributed by atoms with E-state index < -0.39 is 22.0 Å². The molecule has 1 aliphatic heterocycles. The zero-order valence-electron chi connectivity index (χ0n) is 14.5. The molecular weight excluding hydrogens is 372 g/mol. The van der Waals surface area contributed by atoms with Crippen molar-refractivity contribution in [2.24, 2.45) is 0 Å². The molecule has 142 valence electrons. The van der Waals surface area contributed by atoms with Crippen LogP contribution in [0.5, 0.6) is 5.75 Å². The van der Waals surface area contributed by atoms with Crippen molar-refractivity contribution >= 4 is 27.6 Å². The summed E-state index contributed by atoms with van der Waals surface area (Å²) in [4.78, 5) is 24.6. The third kappa shape index (κ3) is 4.09. The van der Waals surface area contributed by atoms with Gasteiger partial charge < -0.3 is 14.7 Å². The van der Waals surface area contributed by atoms with Crippen molar-refractivity contribution in [3.8, 4) is 5.75 Å². The summed E-state index contributed by atoms with van der Waals surface area (Å²) in [6, 6.07) is 11.2. The first-order valence-corrected chi connectivity index (χ1v) is 9.58. The lowest BCUT2D eigenvalue weighted by atomic mass is 10.2. The predicted molar refractivity (Wildman–Crippen MR) is 97.5 cm³/mol. The Balaban J connectivity index is 1.72. The molecule has 1 amide bonds. The van der Waals surface area contributed by atoms with Gasteiger partial charge in [0.15, 0.2) is 0 Å². The zero-order chi connectivity index (χ0) is 19.6. The number of methoxy groups -OCH3 is 1. The average molecular weight is 390 g/mol. The topological polar surface area (TPSA) is 113 Å². The van der Waals surface area contributed by atoms with Crippen LogP contribution in [-0.4, -0.2) is 45.1 Å². The van der Waals surface area contributed by atoms with E-state index in [9.17, 15) is 18.0 Å². The molecule has 0 spiro atoms. The van der Waals surface area contributed by atoms with E-state index in [0.29, 0.717) is 11.4 Å². The summed E-state index contributed by atoms with van der Waals surface area (Å²) < 4.78 is 32.6. The van der Waals surface area contributed by atoms with Gasteiger partial charge in [0.25, 0.3) is 0 Å². The standard InChI is InChI=1S/C18H18N2O6S/c1-26-15-6-4-14(5-7-15)20-11-13(10-17(20)21)19-27(24,25)16-8-2-12(3-9-16)18(22)23/h2-9,13,19H,10-11H2,1H3,(H,22,23). The van der Waals surface area contributed by atoms with Crippen molar-refractivity contribution in [2.75, 3.05) is 18.6 Å². The maximum atomic E-state index is 12.5. The number of aromatic carboxylic acids is 1. The number of ether oxygens (including phenoxy) is 1. The predicted octanol–water partition coefficient (Wildman–Crippen LogP) is 1.48. The number of benzene rings is 2. The van der Waals surface area contributed by atoms with E-state index >= 15 is 0 Å². The minimum Gasteiger partial charge on any atom is -0.497 e. The normalized spacial score (nSPS) is 17.1. The lowest BCUT2D eigenvalue weighted by Crippen LogP contribution is -2.37. The van der Waals surface area contributed by atoms with Gasteiger partial charge in [-0.3, -0.25) is 4.79 Å². The summed E-state index contributed by atoms with van der Waals surface area (Å²) in [6.07, 6.45) is 0.0401. The Morgan fingerprint density at radius 3 is 2.33 bits per heavy atom. The van der Waals surface area contributed by atoms with Crippen LogP contribution in [0.4, 0.5) is 5.69 Å². The van der Waals surface area contributed by atoms with Gasteiger partial charge in [-0.05, 0) is 48.5 Å². The van der Waals surface area contributed by atoms with Gasteiger partial charge in [-0.25, -0.2) is 17.9 Å². The fourth-order valence-corrected chi connectivity index (χ4v) is 4.09. The molecule has 27 heavy (non-hydrogen) atoms. The van der Waals surface area contributed by atoms with Gasteiger partial charge >= 0.3 is 5.97 Å². The summed E-state index contributed by atoms with van der Waals surface area (Å²) in [5.41, 5.74) is 0.656. The molecule has 1 fully saturated rings. The first-order chi connectivity index (χ1) is 12.8. The molecule has 8 nitrogen and oxygen atoms in total. The second-order valence-corrected chi connectivity index (χ2v) is 7.77. The molecule has 2 aromatic rings. The van der Waals surface area contributed by atoms with Crippen LogP contribution in [0.15, 0.2) is 53.4 Å². The number of rotatable bonds is 6. The number of hydrogen-bond acceptors (Lipinski definition) is 5. The minimum absolute atomic E-state index is 0.00400. The van der Waals surface area contributed by atoms with Crippen molar-refractivity contribution in [1.29, 1.82) is 0 Å². The first kappa shape index (κ1) is 18.9. The fraction of sp³-hybridized carbons (Fsp3) is 0.222. The molecule has 1 atom stereocenters. The van der Waals surface area contributed by atoms with E-state index in [1.807, 2.05) is 0 Å². The van der Waals surface area contributed by atoms with Crippen molar-refractivity contribution < 1.29 is 27.9 Å². The largest absolute Gasteiger partial charge is 0.497 e. The third-order valence-corrected chi connectivity index (χ3v) is 5.78. The molecule has 0 radical (unpaired) electrons. The van der Waals surface area contributed by atoms with Gasteiger partial charge in [0, 0.05) is 24.7 Å². The van der Waals surface area contributed by atoms with E-state index in [1.54, 1.807) is 31.4 Å². The van der Waals surface area contributed by atoms with Crippen LogP contribution < -0.4 is 14.4 Å². The quantitative estimate of drug-likeness (QED) is 0.772. The molecular formula is C18H18N2O6S. The number of carboxylic acid groups (broad SMARTS) is 1. The maximum Gasteiger partial charge on any atom is 0.335 e. The summed E-state index contributed by atoms with van der Waals surface area (Å²) in [7, 11) is -2.32. The molecule has 3 rings (SSSR count). The van der Waals surface area contributed by atoms with Crippen LogP contribution in [0.3, 0.4) is 0 Å². The van der Waals surface area contributed by atoms with Crippen LogP contribution in [0.2, 0.25) is 0 Å². The number of carbonyl (C=O) groups excluding carboxylic acids is 1. The highest BCUT2D eigenvalue weighted by Gasteiger charge is 2.33. The van der Waals surface area contributed by atoms with Crippen LogP contribution in [0, 0.1) is 0 Å². The molecule has 0 aliphatic carbocycles. The molecule has 2 N–H and O–H groups in total. The highest BCUT2D eigenvalue weighted by Crippen LogP contribution is 2.25. The molecule has 1 saturated heterocycles. The van der Waals surface area contributed by atoms with Gasteiger partial charge in [0.05, 0.1) is 17.6 Å². The van der Waals surface area contributed by atoms with Crippen LogP contribution in [-0.2, 0) is 14.8 Å². The average Bonchev–Trinajstić information content (AvgIpc) is 3.01. The van der Waals surface area contributed by atoms with Crippen LogP contribution in [0.1, 0.15) is 16.8 Å². The molecule has 2 aromatic carbocycles. The van der Waals surface area contributed by atoms with E-state index in [1.165, 1.54) is 29.2 Å². The van der Waals surface area contributed by atoms with Crippen molar-refractivity contribution in [3.05, 3.63) is 54.1 Å². The molecule has 0 bridgehead atoms.